The molecule has 0 saturated heterocycles. The minimum absolute atomic E-state index is 0.0446. The Hall–Kier alpha value is -5.28. The molecule has 260 valence electrons. The van der Waals surface area contributed by atoms with Crippen LogP contribution in [0.2, 0.25) is 0 Å². The Kier molecular flexibility index (Phi) is 12.4. The number of alkyl carbamates (subject to hydrolysis) is 1. The Bertz CT molecular complexity index is 1740. The van der Waals surface area contributed by atoms with E-state index in [4.69, 9.17) is 9.47 Å². The van der Waals surface area contributed by atoms with E-state index in [1.165, 1.54) is 41.4 Å². The quantitative estimate of drug-likeness (QED) is 0.266. The molecule has 1 atom stereocenters. The number of nitrogens with zero attached hydrogens (tertiary/aromatic N) is 3. The van der Waals surface area contributed by atoms with Crippen molar-refractivity contribution in [2.75, 3.05) is 33.1 Å². The van der Waals surface area contributed by atoms with Gasteiger partial charge in [-0.25, -0.2) is 27.3 Å². The summed E-state index contributed by atoms with van der Waals surface area (Å²) in [6.45, 7) is 3.47. The molecule has 0 aliphatic heterocycles. The number of ether oxygens (including phenoxy) is 3. The van der Waals surface area contributed by atoms with Crippen LogP contribution in [0.25, 0.3) is 10.9 Å². The first kappa shape index (κ1) is 37.2. The number of allylic oxidation sites excluding steroid dienone is 1. The summed E-state index contributed by atoms with van der Waals surface area (Å²) in [5.74, 6) is -2.16. The third-order valence-electron chi connectivity index (χ3n) is 6.57. The monoisotopic (exact) mass is 677 g/mol. The molecule has 0 aliphatic carbocycles. The number of hydrogen-bond donors (Lipinski definition) is 2. The van der Waals surface area contributed by atoms with Crippen LogP contribution in [-0.2, 0) is 25.6 Å². The molecule has 2 aromatic heterocycles. The first-order valence-electron chi connectivity index (χ1n) is 14.7. The fourth-order valence-electron chi connectivity index (χ4n) is 4.44. The van der Waals surface area contributed by atoms with Gasteiger partial charge in [-0.2, -0.15) is 0 Å². The summed E-state index contributed by atoms with van der Waals surface area (Å²) in [4.78, 5) is 65.2. The normalized spacial score (nSPS) is 12.2. The zero-order valence-corrected chi connectivity index (χ0v) is 27.3. The van der Waals surface area contributed by atoms with Gasteiger partial charge in [-0.3, -0.25) is 14.4 Å². The van der Waals surface area contributed by atoms with E-state index in [0.717, 1.165) is 28.4 Å². The predicted octanol–water partition coefficient (Wildman–Crippen LogP) is 4.51. The van der Waals surface area contributed by atoms with E-state index in [0.29, 0.717) is 0 Å². The summed E-state index contributed by atoms with van der Waals surface area (Å²) in [6.07, 6.45) is -0.190. The lowest BCUT2D eigenvalue weighted by Crippen LogP contribution is -2.44. The molecule has 0 fully saturated rings. The molecule has 16 heteroatoms. The number of alkyl halides is 2. The Morgan fingerprint density at radius 1 is 1.10 bits per heavy atom. The smallest absolute Gasteiger partial charge is 0.419 e. The fraction of sp³-hybridized carbons (Fsp3) is 0.406. The molecule has 0 aliphatic rings. The van der Waals surface area contributed by atoms with Gasteiger partial charge in [-0.15, -0.1) is 0 Å². The number of carbonyl (C=O) groups is 4. The lowest BCUT2D eigenvalue weighted by atomic mass is 10.1. The Morgan fingerprint density at radius 2 is 1.81 bits per heavy atom. The zero-order chi connectivity index (χ0) is 35.8. The maximum Gasteiger partial charge on any atom is 0.419 e. The summed E-state index contributed by atoms with van der Waals surface area (Å²) < 4.78 is 58.0. The molecule has 3 amide bonds. The van der Waals surface area contributed by atoms with Crippen molar-refractivity contribution >= 4 is 40.6 Å². The van der Waals surface area contributed by atoms with Crippen LogP contribution in [-0.4, -0.2) is 83.9 Å². The van der Waals surface area contributed by atoms with Crippen LogP contribution >= 0.6 is 0 Å². The van der Waals surface area contributed by atoms with Crippen LogP contribution in [0.3, 0.4) is 0 Å². The number of nitrogens with one attached hydrogen (secondary N) is 2. The van der Waals surface area contributed by atoms with Crippen LogP contribution in [0.4, 0.5) is 28.4 Å². The van der Waals surface area contributed by atoms with Gasteiger partial charge in [-0.05, 0) is 64.0 Å². The largest absolute Gasteiger partial charge is 0.485 e. The van der Waals surface area contributed by atoms with Gasteiger partial charge in [0.25, 0.3) is 12.0 Å². The van der Waals surface area contributed by atoms with E-state index in [1.807, 2.05) is 0 Å². The second-order valence-electron chi connectivity index (χ2n) is 11.7. The molecular formula is C32H38F3N5O8. The van der Waals surface area contributed by atoms with Crippen LogP contribution in [0.5, 0.6) is 5.75 Å². The molecule has 2 N–H and O–H groups in total. The molecule has 13 nitrogen and oxygen atoms in total. The van der Waals surface area contributed by atoms with Crippen molar-refractivity contribution < 1.29 is 46.6 Å². The average Bonchev–Trinajstić information content (AvgIpc) is 3.35. The molecule has 3 aromatic rings. The lowest BCUT2D eigenvalue weighted by molar-refractivity contribution is -0.123. The molecule has 2 heterocycles. The van der Waals surface area contributed by atoms with Gasteiger partial charge >= 0.3 is 12.2 Å². The standard InChI is InChI=1S/C32H38F3N5O8/c1-32(2,3)48-31(45)40-21(15-19-14-20(33)16-24(27(19)40)47-18-25(34)35)17-39-13-9-11-23(29(39)43)36-28(42)22(37-30(44)46-6)10-7-8-12-26(41)38(4)5/h8-9,11-16,22,25H,7,10,17-18H2,1-6H3,(H,36,42)(H,37,44)/b12-8+. The lowest BCUT2D eigenvalue weighted by Gasteiger charge is -2.22. The zero-order valence-electron chi connectivity index (χ0n) is 27.3. The van der Waals surface area contributed by atoms with E-state index in [-0.39, 0.29) is 53.3 Å². The van der Waals surface area contributed by atoms with Gasteiger partial charge in [0.05, 0.1) is 19.3 Å². The third kappa shape index (κ3) is 10.1. The highest BCUT2D eigenvalue weighted by Gasteiger charge is 2.26. The Morgan fingerprint density at radius 3 is 2.44 bits per heavy atom. The second kappa shape index (κ2) is 16.0. The molecule has 0 spiro atoms. The van der Waals surface area contributed by atoms with E-state index in [2.05, 4.69) is 15.4 Å². The van der Waals surface area contributed by atoms with Gasteiger partial charge in [-0.1, -0.05) is 6.08 Å². The van der Waals surface area contributed by atoms with E-state index >= 15 is 0 Å². The van der Waals surface area contributed by atoms with E-state index in [1.54, 1.807) is 34.9 Å². The molecular weight excluding hydrogens is 639 g/mol. The molecule has 0 bridgehead atoms. The summed E-state index contributed by atoms with van der Waals surface area (Å²) >= 11 is 0. The highest BCUT2D eigenvalue weighted by molar-refractivity contribution is 5.97. The number of anilines is 1. The van der Waals surface area contributed by atoms with Gasteiger partial charge < -0.3 is 34.3 Å². The number of methoxy groups -OCH3 is 1. The van der Waals surface area contributed by atoms with Crippen LogP contribution < -0.4 is 20.9 Å². The van der Waals surface area contributed by atoms with Crippen molar-refractivity contribution in [3.8, 4) is 5.75 Å². The van der Waals surface area contributed by atoms with E-state index < -0.39 is 54.1 Å². The van der Waals surface area contributed by atoms with Gasteiger partial charge in [0.1, 0.15) is 41.0 Å². The SMILES string of the molecule is COC(=O)NC(CC/C=C/C(=O)N(C)C)C(=O)Nc1cccn(Cc2cc3cc(F)cc(OCC(F)F)c3n2C(=O)OC(C)(C)C)c1=O. The average molecular weight is 678 g/mol. The van der Waals surface area contributed by atoms with Crippen molar-refractivity contribution in [3.05, 3.63) is 70.5 Å². The molecule has 0 saturated carbocycles. The maximum absolute atomic E-state index is 14.5. The number of amides is 3. The van der Waals surface area contributed by atoms with Crippen molar-refractivity contribution in [1.29, 1.82) is 0 Å². The summed E-state index contributed by atoms with van der Waals surface area (Å²) in [6, 6.07) is 4.96. The van der Waals surface area contributed by atoms with E-state index in [9.17, 15) is 37.1 Å². The van der Waals surface area contributed by atoms with Gasteiger partial charge in [0.2, 0.25) is 11.8 Å². The first-order chi connectivity index (χ1) is 22.5. The Labute approximate surface area is 274 Å². The summed E-state index contributed by atoms with van der Waals surface area (Å²) in [5.41, 5.74) is -1.80. The molecule has 3 rings (SSSR count). The number of carbonyl (C=O) groups excluding carboxylic acids is 4. The number of halogens is 3. The maximum atomic E-state index is 14.5. The van der Waals surface area contributed by atoms with Crippen molar-refractivity contribution in [2.24, 2.45) is 0 Å². The van der Waals surface area contributed by atoms with Crippen LogP contribution in [0.1, 0.15) is 39.3 Å². The van der Waals surface area contributed by atoms with Crippen molar-refractivity contribution in [1.82, 2.24) is 19.4 Å². The highest BCUT2D eigenvalue weighted by atomic mass is 19.3. The topological polar surface area (TPSA) is 150 Å². The van der Waals surface area contributed by atoms with Crippen LogP contribution in [0, 0.1) is 5.82 Å². The number of aromatic nitrogens is 2. The summed E-state index contributed by atoms with van der Waals surface area (Å²) in [7, 11) is 4.27. The molecule has 1 unspecified atom stereocenters. The molecule has 48 heavy (non-hydrogen) atoms. The van der Waals surface area contributed by atoms with Gasteiger partial charge in [0.15, 0.2) is 0 Å². The minimum atomic E-state index is -2.88. The fourth-order valence-corrected chi connectivity index (χ4v) is 4.44. The third-order valence-corrected chi connectivity index (χ3v) is 6.57. The Balaban J connectivity index is 1.98. The van der Waals surface area contributed by atoms with Gasteiger partial charge in [0, 0.05) is 31.7 Å². The number of rotatable bonds is 12. The van der Waals surface area contributed by atoms with Crippen LogP contribution in [0.15, 0.2) is 53.5 Å². The number of likely N-dealkylation sites (N-methyl/N-ethyl adjacent to an activating group) is 1. The van der Waals surface area contributed by atoms with Crippen molar-refractivity contribution in [3.63, 3.8) is 0 Å². The number of fused-ring (bicyclic) bond motifs is 1. The van der Waals surface area contributed by atoms with Crippen molar-refractivity contribution in [2.45, 2.75) is 58.2 Å². The summed E-state index contributed by atoms with van der Waals surface area (Å²) in [5, 5.41) is 5.01. The second-order valence-corrected chi connectivity index (χ2v) is 11.7. The predicted molar refractivity (Wildman–Crippen MR) is 170 cm³/mol. The number of hydrogen-bond acceptors (Lipinski definition) is 8. The number of pyridine rings is 1. The first-order valence-corrected chi connectivity index (χ1v) is 14.7. The highest BCUT2D eigenvalue weighted by Crippen LogP contribution is 2.32. The molecule has 0 radical (unpaired) electrons. The minimum Gasteiger partial charge on any atom is -0.485 e. The number of benzene rings is 1. The molecule has 1 aromatic carbocycles.